The van der Waals surface area contributed by atoms with Crippen LogP contribution in [-0.4, -0.2) is 67.8 Å². The van der Waals surface area contributed by atoms with Gasteiger partial charge in [-0.15, -0.1) is 0 Å². The molecule has 0 amide bonds. The average Bonchev–Trinajstić information content (AvgIpc) is 3.60. The van der Waals surface area contributed by atoms with Gasteiger partial charge in [-0.05, 0) is 56.9 Å². The van der Waals surface area contributed by atoms with E-state index in [2.05, 4.69) is 15.2 Å². The van der Waals surface area contributed by atoms with Crippen LogP contribution in [0.3, 0.4) is 0 Å². The third-order valence-electron chi connectivity index (χ3n) is 6.81. The number of esters is 1. The maximum atomic E-state index is 13.9. The number of nitrogens with zero attached hydrogens (tertiary/aromatic N) is 3. The van der Waals surface area contributed by atoms with Gasteiger partial charge in [0.2, 0.25) is 0 Å². The van der Waals surface area contributed by atoms with Crippen molar-refractivity contribution in [3.05, 3.63) is 54.5 Å². The predicted octanol–water partition coefficient (Wildman–Crippen LogP) is 2.00. The van der Waals surface area contributed by atoms with Crippen molar-refractivity contribution in [2.45, 2.75) is 56.6 Å². The summed E-state index contributed by atoms with van der Waals surface area (Å²) < 4.78 is 38.1. The summed E-state index contributed by atoms with van der Waals surface area (Å²) in [4.78, 5) is 16.4. The molecule has 1 saturated carbocycles. The SMILES string of the molecule is C[C@H](NP(=O)(OC[C@@]1(C)O[C@@H](c2ccc3c(N)ncnn23)[C@H](O)[C@@H]1O)Oc1ccccc1)C(=O)OCC1CC1. The summed E-state index contributed by atoms with van der Waals surface area (Å²) in [5, 5.41) is 28.6. The average molecular weight is 562 g/mol. The number of para-hydroxylation sites is 1. The van der Waals surface area contributed by atoms with Crippen molar-refractivity contribution in [3.8, 4) is 5.75 Å². The van der Waals surface area contributed by atoms with Gasteiger partial charge in [-0.25, -0.2) is 14.1 Å². The first-order valence-electron chi connectivity index (χ1n) is 12.6. The zero-order chi connectivity index (χ0) is 27.8. The highest BCUT2D eigenvalue weighted by molar-refractivity contribution is 7.52. The number of benzene rings is 1. The third-order valence-corrected chi connectivity index (χ3v) is 8.44. The maximum absolute atomic E-state index is 13.9. The fraction of sp³-hybridized carbons (Fsp3) is 0.480. The van der Waals surface area contributed by atoms with Crippen LogP contribution in [0.15, 0.2) is 48.8 Å². The van der Waals surface area contributed by atoms with Crippen LogP contribution in [0.25, 0.3) is 5.52 Å². The second-order valence-electron chi connectivity index (χ2n) is 10.1. The molecule has 39 heavy (non-hydrogen) atoms. The monoisotopic (exact) mass is 561 g/mol. The van der Waals surface area contributed by atoms with E-state index in [1.54, 1.807) is 42.5 Å². The van der Waals surface area contributed by atoms with Gasteiger partial charge in [0.1, 0.15) is 47.5 Å². The molecule has 1 saturated heterocycles. The summed E-state index contributed by atoms with van der Waals surface area (Å²) in [6.07, 6.45) is -0.512. The normalized spacial score (nSPS) is 27.2. The number of aromatic nitrogens is 3. The third kappa shape index (κ3) is 5.93. The first-order chi connectivity index (χ1) is 18.6. The summed E-state index contributed by atoms with van der Waals surface area (Å²) in [5.74, 6) is 0.248. The Morgan fingerprint density at radius 2 is 2.03 bits per heavy atom. The van der Waals surface area contributed by atoms with Gasteiger partial charge >= 0.3 is 13.7 Å². The number of carbonyl (C=O) groups excluding carboxylic acids is 1. The molecule has 210 valence electrons. The molecule has 5 N–H and O–H groups in total. The Morgan fingerprint density at radius 3 is 2.74 bits per heavy atom. The highest BCUT2D eigenvalue weighted by Gasteiger charge is 2.54. The molecule has 1 aliphatic heterocycles. The lowest BCUT2D eigenvalue weighted by molar-refractivity contribution is -0.145. The molecule has 6 atom stereocenters. The van der Waals surface area contributed by atoms with Crippen molar-refractivity contribution in [3.63, 3.8) is 0 Å². The number of fused-ring (bicyclic) bond motifs is 1. The number of aliphatic hydroxyl groups excluding tert-OH is 2. The molecule has 2 aliphatic rings. The largest absolute Gasteiger partial charge is 0.464 e. The highest BCUT2D eigenvalue weighted by atomic mass is 31.2. The van der Waals surface area contributed by atoms with Crippen LogP contribution < -0.4 is 15.3 Å². The zero-order valence-corrected chi connectivity index (χ0v) is 22.4. The van der Waals surface area contributed by atoms with Gasteiger partial charge in [-0.1, -0.05) is 18.2 Å². The lowest BCUT2D eigenvalue weighted by Crippen LogP contribution is -2.45. The van der Waals surface area contributed by atoms with Crippen molar-refractivity contribution >= 4 is 25.1 Å². The lowest BCUT2D eigenvalue weighted by atomic mass is 9.97. The first-order valence-corrected chi connectivity index (χ1v) is 14.2. The van der Waals surface area contributed by atoms with Crippen LogP contribution in [0.1, 0.15) is 38.5 Å². The number of carbonyl (C=O) groups is 1. The quantitative estimate of drug-likeness (QED) is 0.198. The number of hydrogen-bond acceptors (Lipinski definition) is 11. The fourth-order valence-electron chi connectivity index (χ4n) is 4.32. The van der Waals surface area contributed by atoms with E-state index in [4.69, 9.17) is 24.3 Å². The minimum absolute atomic E-state index is 0.236. The standard InChI is InChI=1S/C25H32N5O8P/c1-15(24(33)35-12-16-8-9-16)29-39(34,38-17-6-4-3-5-7-17)36-13-25(2)22(32)20(31)21(37-25)18-10-11-19-23(26)27-14-28-30(18)19/h3-7,10-11,14-16,20-22,31-32H,8-9,12-13H2,1-2H3,(H,29,34)(H2,26,27,28)/t15-,20-,21-,22-,25+,39?/m0/s1. The van der Waals surface area contributed by atoms with Crippen LogP contribution in [0.2, 0.25) is 0 Å². The van der Waals surface area contributed by atoms with Crippen LogP contribution in [0.4, 0.5) is 5.82 Å². The van der Waals surface area contributed by atoms with Crippen LogP contribution in [-0.2, 0) is 23.4 Å². The number of nitrogen functional groups attached to an aromatic ring is 1. The first kappa shape index (κ1) is 27.5. The van der Waals surface area contributed by atoms with E-state index in [0.29, 0.717) is 23.7 Å². The van der Waals surface area contributed by atoms with Gasteiger partial charge in [-0.3, -0.25) is 9.32 Å². The Morgan fingerprint density at radius 1 is 1.28 bits per heavy atom. The topological polar surface area (TPSA) is 180 Å². The van der Waals surface area contributed by atoms with Crippen molar-refractivity contribution in [2.24, 2.45) is 5.92 Å². The van der Waals surface area contributed by atoms with Gasteiger partial charge in [-0.2, -0.15) is 10.2 Å². The molecule has 5 rings (SSSR count). The van der Waals surface area contributed by atoms with Crippen molar-refractivity contribution in [1.29, 1.82) is 0 Å². The van der Waals surface area contributed by atoms with Crippen LogP contribution in [0, 0.1) is 5.92 Å². The van der Waals surface area contributed by atoms with Crippen molar-refractivity contribution in [2.75, 3.05) is 18.9 Å². The van der Waals surface area contributed by atoms with E-state index >= 15 is 0 Å². The second-order valence-corrected chi connectivity index (χ2v) is 11.8. The van der Waals surface area contributed by atoms with Crippen LogP contribution in [0.5, 0.6) is 5.75 Å². The molecule has 0 radical (unpaired) electrons. The molecule has 13 nitrogen and oxygen atoms in total. The molecule has 3 aromatic rings. The summed E-state index contributed by atoms with van der Waals surface area (Å²) >= 11 is 0. The number of anilines is 1. The van der Waals surface area contributed by atoms with Crippen molar-refractivity contribution < 1.29 is 38.1 Å². The summed E-state index contributed by atoms with van der Waals surface area (Å²) in [6.45, 7) is 2.86. The molecule has 2 fully saturated rings. The lowest BCUT2D eigenvalue weighted by Gasteiger charge is -2.30. The number of ether oxygens (including phenoxy) is 2. The Kier molecular flexibility index (Phi) is 7.64. The van der Waals surface area contributed by atoms with Gasteiger partial charge < -0.3 is 29.9 Å². The van der Waals surface area contributed by atoms with E-state index in [9.17, 15) is 19.6 Å². The summed E-state index contributed by atoms with van der Waals surface area (Å²) in [5.41, 5.74) is 5.34. The Hall–Kier alpha value is -3.06. The van der Waals surface area contributed by atoms with Crippen molar-refractivity contribution in [1.82, 2.24) is 19.7 Å². The summed E-state index contributed by atoms with van der Waals surface area (Å²) in [6, 6.07) is 10.6. The minimum Gasteiger partial charge on any atom is -0.464 e. The van der Waals surface area contributed by atoms with E-state index in [-0.39, 0.29) is 11.6 Å². The Bertz CT molecular complexity index is 1370. The second kappa shape index (κ2) is 10.8. The van der Waals surface area contributed by atoms with E-state index < -0.39 is 50.3 Å². The molecule has 1 unspecified atom stereocenters. The number of rotatable bonds is 11. The van der Waals surface area contributed by atoms with Gasteiger partial charge in [0.25, 0.3) is 0 Å². The zero-order valence-electron chi connectivity index (χ0n) is 21.5. The van der Waals surface area contributed by atoms with E-state index in [1.165, 1.54) is 24.7 Å². The molecular formula is C25H32N5O8P. The Balaban J connectivity index is 1.32. The number of aliphatic hydroxyl groups is 2. The molecule has 14 heteroatoms. The van der Waals surface area contributed by atoms with Gasteiger partial charge in [0.05, 0.1) is 18.9 Å². The number of nitrogens with two attached hydrogens (primary N) is 1. The highest BCUT2D eigenvalue weighted by Crippen LogP contribution is 2.48. The van der Waals surface area contributed by atoms with Gasteiger partial charge in [0.15, 0.2) is 5.82 Å². The Labute approximate surface area is 224 Å². The minimum atomic E-state index is -4.22. The molecular weight excluding hydrogens is 529 g/mol. The molecule has 0 spiro atoms. The predicted molar refractivity (Wildman–Crippen MR) is 139 cm³/mol. The van der Waals surface area contributed by atoms with Crippen LogP contribution >= 0.6 is 7.75 Å². The van der Waals surface area contributed by atoms with E-state index in [0.717, 1.165) is 12.8 Å². The van der Waals surface area contributed by atoms with E-state index in [1.807, 2.05) is 0 Å². The smallest absolute Gasteiger partial charge is 0.459 e. The number of nitrogens with one attached hydrogen (secondary N) is 1. The molecule has 0 bridgehead atoms. The number of hydrogen-bond donors (Lipinski definition) is 4. The molecule has 1 aliphatic carbocycles. The van der Waals surface area contributed by atoms with Gasteiger partial charge in [0, 0.05) is 0 Å². The molecule has 1 aromatic carbocycles. The molecule has 2 aromatic heterocycles. The molecule has 3 heterocycles. The maximum Gasteiger partial charge on any atom is 0.459 e. The summed E-state index contributed by atoms with van der Waals surface area (Å²) in [7, 11) is -4.22. The fourth-order valence-corrected chi connectivity index (χ4v) is 5.91.